The number of nitrogens with zero attached hydrogens (tertiary/aromatic N) is 1. The second-order valence-corrected chi connectivity index (χ2v) is 6.82. The highest BCUT2D eigenvalue weighted by Gasteiger charge is 2.34. The van der Waals surface area contributed by atoms with Crippen LogP contribution in [0.3, 0.4) is 0 Å². The molecule has 0 spiro atoms. The van der Waals surface area contributed by atoms with Gasteiger partial charge in [0.25, 0.3) is 0 Å². The maximum Gasteiger partial charge on any atom is 0.227 e. The molecule has 1 aliphatic heterocycles. The van der Waals surface area contributed by atoms with Gasteiger partial charge in [-0.15, -0.1) is 0 Å². The average molecular weight is 373 g/mol. The summed E-state index contributed by atoms with van der Waals surface area (Å²) >= 11 is 5.99. The molecular weight excluding hydrogens is 352 g/mol. The van der Waals surface area contributed by atoms with Gasteiger partial charge in [0.05, 0.1) is 5.92 Å². The number of carbonyl (C=O) groups is 2. The molecule has 136 valence electrons. The van der Waals surface area contributed by atoms with Gasteiger partial charge < -0.3 is 15.0 Å². The van der Waals surface area contributed by atoms with Crippen molar-refractivity contribution in [2.45, 2.75) is 20.0 Å². The SMILES string of the molecule is CNC(=O)C1CC(=O)N(c2ccc(OCc3cccc(Cl)c3)c(C)c2)C1. The zero-order valence-electron chi connectivity index (χ0n) is 14.8. The fourth-order valence-corrected chi connectivity index (χ4v) is 3.30. The molecule has 1 unspecified atom stereocenters. The van der Waals surface area contributed by atoms with Crippen LogP contribution in [0.2, 0.25) is 5.02 Å². The molecule has 2 aromatic rings. The Morgan fingerprint density at radius 2 is 2.12 bits per heavy atom. The van der Waals surface area contributed by atoms with Gasteiger partial charge in [0.1, 0.15) is 12.4 Å². The Balaban J connectivity index is 1.69. The number of benzene rings is 2. The van der Waals surface area contributed by atoms with Crippen LogP contribution < -0.4 is 15.0 Å². The van der Waals surface area contributed by atoms with Crippen molar-refractivity contribution in [3.63, 3.8) is 0 Å². The van der Waals surface area contributed by atoms with Crippen LogP contribution in [-0.2, 0) is 16.2 Å². The average Bonchev–Trinajstić information content (AvgIpc) is 3.02. The third kappa shape index (κ3) is 3.99. The van der Waals surface area contributed by atoms with Gasteiger partial charge in [0, 0.05) is 30.7 Å². The molecule has 2 aromatic carbocycles. The third-order valence-corrected chi connectivity index (χ3v) is 4.73. The monoisotopic (exact) mass is 372 g/mol. The lowest BCUT2D eigenvalue weighted by molar-refractivity contribution is -0.125. The molecule has 0 radical (unpaired) electrons. The molecule has 1 fully saturated rings. The van der Waals surface area contributed by atoms with Crippen LogP contribution in [0.1, 0.15) is 17.5 Å². The number of rotatable bonds is 5. The molecule has 0 saturated carbocycles. The first-order valence-corrected chi connectivity index (χ1v) is 8.85. The van der Waals surface area contributed by atoms with E-state index < -0.39 is 0 Å². The molecule has 6 heteroatoms. The van der Waals surface area contributed by atoms with Gasteiger partial charge >= 0.3 is 0 Å². The highest BCUT2D eigenvalue weighted by Crippen LogP contribution is 2.30. The van der Waals surface area contributed by atoms with Gasteiger partial charge in [-0.3, -0.25) is 9.59 Å². The predicted octanol–water partition coefficient (Wildman–Crippen LogP) is 3.33. The van der Waals surface area contributed by atoms with Gasteiger partial charge in [-0.05, 0) is 48.4 Å². The molecule has 2 amide bonds. The highest BCUT2D eigenvalue weighted by molar-refractivity contribution is 6.30. The zero-order valence-corrected chi connectivity index (χ0v) is 15.5. The van der Waals surface area contributed by atoms with E-state index in [9.17, 15) is 9.59 Å². The molecule has 3 rings (SSSR count). The smallest absolute Gasteiger partial charge is 0.227 e. The lowest BCUT2D eigenvalue weighted by atomic mass is 10.1. The van der Waals surface area contributed by atoms with E-state index in [0.29, 0.717) is 18.2 Å². The quantitative estimate of drug-likeness (QED) is 0.875. The highest BCUT2D eigenvalue weighted by atomic mass is 35.5. The largest absolute Gasteiger partial charge is 0.489 e. The molecule has 1 N–H and O–H groups in total. The summed E-state index contributed by atoms with van der Waals surface area (Å²) in [5.41, 5.74) is 2.71. The Labute approximate surface area is 157 Å². The Bertz CT molecular complexity index is 838. The number of anilines is 1. The normalized spacial score (nSPS) is 16.7. The van der Waals surface area contributed by atoms with Crippen molar-refractivity contribution in [1.29, 1.82) is 0 Å². The van der Waals surface area contributed by atoms with E-state index in [1.54, 1.807) is 11.9 Å². The summed E-state index contributed by atoms with van der Waals surface area (Å²) in [4.78, 5) is 25.7. The maximum atomic E-state index is 12.2. The number of halogens is 1. The standard InChI is InChI=1S/C20H21ClN2O3/c1-13-8-17(23-11-15(10-19(23)24)20(25)22-2)6-7-18(13)26-12-14-4-3-5-16(21)9-14/h3-9,15H,10-12H2,1-2H3,(H,22,25). The first-order valence-electron chi connectivity index (χ1n) is 8.48. The molecule has 0 bridgehead atoms. The summed E-state index contributed by atoms with van der Waals surface area (Å²) < 4.78 is 5.87. The van der Waals surface area contributed by atoms with Crippen LogP contribution in [0.4, 0.5) is 5.69 Å². The predicted molar refractivity (Wildman–Crippen MR) is 101 cm³/mol. The first-order chi connectivity index (χ1) is 12.5. The summed E-state index contributed by atoms with van der Waals surface area (Å²) in [7, 11) is 1.59. The number of hydrogen-bond donors (Lipinski definition) is 1. The number of carbonyl (C=O) groups excluding carboxylic acids is 2. The van der Waals surface area contributed by atoms with Gasteiger partial charge in [0.15, 0.2) is 0 Å². The summed E-state index contributed by atoms with van der Waals surface area (Å²) in [5.74, 6) is 0.319. The van der Waals surface area contributed by atoms with Gasteiger partial charge in [-0.1, -0.05) is 23.7 Å². The Morgan fingerprint density at radius 3 is 2.81 bits per heavy atom. The van der Waals surface area contributed by atoms with E-state index in [0.717, 1.165) is 22.6 Å². The molecule has 5 nitrogen and oxygen atoms in total. The van der Waals surface area contributed by atoms with Crippen LogP contribution >= 0.6 is 11.6 Å². The van der Waals surface area contributed by atoms with Crippen molar-refractivity contribution in [3.8, 4) is 5.75 Å². The first kappa shape index (κ1) is 18.3. The molecule has 1 aliphatic rings. The second kappa shape index (κ2) is 7.79. The van der Waals surface area contributed by atoms with E-state index >= 15 is 0 Å². The van der Waals surface area contributed by atoms with Crippen molar-refractivity contribution in [2.24, 2.45) is 5.92 Å². The summed E-state index contributed by atoms with van der Waals surface area (Å²) in [6.07, 6.45) is 0.242. The van der Waals surface area contributed by atoms with Crippen LogP contribution in [0, 0.1) is 12.8 Å². The number of ether oxygens (including phenoxy) is 1. The van der Waals surface area contributed by atoms with Crippen LogP contribution in [-0.4, -0.2) is 25.4 Å². The molecule has 1 saturated heterocycles. The summed E-state index contributed by atoms with van der Waals surface area (Å²) in [5, 5.41) is 3.29. The summed E-state index contributed by atoms with van der Waals surface area (Å²) in [6, 6.07) is 13.2. The van der Waals surface area contributed by atoms with E-state index in [2.05, 4.69) is 5.32 Å². The minimum Gasteiger partial charge on any atom is -0.489 e. The van der Waals surface area contributed by atoms with Crippen molar-refractivity contribution in [1.82, 2.24) is 5.32 Å². The fraction of sp³-hybridized carbons (Fsp3) is 0.300. The maximum absolute atomic E-state index is 12.2. The van der Waals surface area contributed by atoms with Crippen molar-refractivity contribution in [3.05, 3.63) is 58.6 Å². The third-order valence-electron chi connectivity index (χ3n) is 4.50. The second-order valence-electron chi connectivity index (χ2n) is 6.39. The molecule has 1 atom stereocenters. The number of amides is 2. The van der Waals surface area contributed by atoms with E-state index in [1.165, 1.54) is 0 Å². The summed E-state index contributed by atoms with van der Waals surface area (Å²) in [6.45, 7) is 2.76. The number of hydrogen-bond acceptors (Lipinski definition) is 3. The van der Waals surface area contributed by atoms with Crippen molar-refractivity contribution in [2.75, 3.05) is 18.5 Å². The van der Waals surface area contributed by atoms with Gasteiger partial charge in [0.2, 0.25) is 11.8 Å². The minimum atomic E-state index is -0.299. The lowest BCUT2D eigenvalue weighted by Gasteiger charge is -2.18. The molecule has 0 aromatic heterocycles. The Kier molecular flexibility index (Phi) is 5.47. The van der Waals surface area contributed by atoms with Crippen LogP contribution in [0.15, 0.2) is 42.5 Å². The number of aryl methyl sites for hydroxylation is 1. The van der Waals surface area contributed by atoms with Crippen LogP contribution in [0.25, 0.3) is 0 Å². The Hall–Kier alpha value is -2.53. The van der Waals surface area contributed by atoms with E-state index in [1.807, 2.05) is 49.4 Å². The topological polar surface area (TPSA) is 58.6 Å². The van der Waals surface area contributed by atoms with Gasteiger partial charge in [-0.2, -0.15) is 0 Å². The zero-order chi connectivity index (χ0) is 18.7. The minimum absolute atomic E-state index is 0.0365. The van der Waals surface area contributed by atoms with Gasteiger partial charge in [-0.25, -0.2) is 0 Å². The number of nitrogens with one attached hydrogen (secondary N) is 1. The molecular formula is C20H21ClN2O3. The molecule has 1 heterocycles. The molecule has 0 aliphatic carbocycles. The van der Waals surface area contributed by atoms with E-state index in [4.69, 9.17) is 16.3 Å². The van der Waals surface area contributed by atoms with Crippen molar-refractivity contribution < 1.29 is 14.3 Å². The van der Waals surface area contributed by atoms with E-state index in [-0.39, 0.29) is 24.2 Å². The van der Waals surface area contributed by atoms with Crippen molar-refractivity contribution >= 4 is 29.1 Å². The lowest BCUT2D eigenvalue weighted by Crippen LogP contribution is -2.30. The molecule has 26 heavy (non-hydrogen) atoms. The Morgan fingerprint density at radius 1 is 1.31 bits per heavy atom. The fourth-order valence-electron chi connectivity index (χ4n) is 3.09. The van der Waals surface area contributed by atoms with Crippen LogP contribution in [0.5, 0.6) is 5.75 Å².